The highest BCUT2D eigenvalue weighted by Gasteiger charge is 2.41. The van der Waals surface area contributed by atoms with Crippen molar-refractivity contribution < 1.29 is 30.0 Å². The fourth-order valence-electron chi connectivity index (χ4n) is 7.33. The quantitative estimate of drug-likeness (QED) is 0.152. The molecule has 0 spiro atoms. The molecule has 1 aliphatic rings. The predicted octanol–water partition coefficient (Wildman–Crippen LogP) is 5.50. The lowest BCUT2D eigenvalue weighted by Gasteiger charge is -2.41. The minimum Gasteiger partial charge on any atom is -0.395 e. The standard InChI is InChI=1S/C40H54N2O6/c1-4-40(23-12-13-24-40)42(26-27-43)38(48)35-18-10-8-14-30(35)20-21-33(45)28-31-15-9-11-19-36(31)37(47)41(25-22-34(46)29-44)39(2,3)32-16-6-5-7-17-32/h5-11,14-19,33-34,43-46H,4,12-13,20-29H2,1-3H3. The number of aliphatic hydroxyl groups excluding tert-OH is 4. The van der Waals surface area contributed by atoms with Crippen molar-refractivity contribution in [3.05, 3.63) is 107 Å². The van der Waals surface area contributed by atoms with E-state index in [0.717, 1.165) is 48.8 Å². The average molecular weight is 659 g/mol. The third-order valence-corrected chi connectivity index (χ3v) is 10.3. The molecule has 0 heterocycles. The summed E-state index contributed by atoms with van der Waals surface area (Å²) in [5.41, 5.74) is 2.66. The van der Waals surface area contributed by atoms with Crippen LogP contribution in [0.2, 0.25) is 0 Å². The molecule has 4 rings (SSSR count). The lowest BCUT2D eigenvalue weighted by molar-refractivity contribution is 0.0390. The SMILES string of the molecule is CCC1(N(CCO)C(=O)c2ccccc2CCC(O)Cc2ccccc2C(=O)N(CCC(O)CO)C(C)(C)c2ccccc2)CCCC1. The minimum absolute atomic E-state index is 0.0683. The Bertz CT molecular complexity index is 1470. The van der Waals surface area contributed by atoms with Gasteiger partial charge < -0.3 is 30.2 Å². The molecule has 8 heteroatoms. The Morgan fingerprint density at radius 1 is 0.771 bits per heavy atom. The molecule has 2 unspecified atom stereocenters. The largest absolute Gasteiger partial charge is 0.395 e. The second-order valence-corrected chi connectivity index (χ2v) is 13.7. The Morgan fingerprint density at radius 2 is 1.35 bits per heavy atom. The summed E-state index contributed by atoms with van der Waals surface area (Å²) in [7, 11) is 0. The highest BCUT2D eigenvalue weighted by molar-refractivity contribution is 5.97. The monoisotopic (exact) mass is 658 g/mol. The number of carbonyl (C=O) groups is 2. The Kier molecular flexibility index (Phi) is 13.4. The van der Waals surface area contributed by atoms with Gasteiger partial charge in [-0.25, -0.2) is 0 Å². The van der Waals surface area contributed by atoms with E-state index >= 15 is 0 Å². The molecule has 4 N–H and O–H groups in total. The Hall–Kier alpha value is -3.56. The maximum absolute atomic E-state index is 14.3. The second kappa shape index (κ2) is 17.2. The molecule has 0 aromatic heterocycles. The van der Waals surface area contributed by atoms with Crippen molar-refractivity contribution in [1.82, 2.24) is 9.80 Å². The van der Waals surface area contributed by atoms with E-state index in [1.54, 1.807) is 11.0 Å². The molecular weight excluding hydrogens is 604 g/mol. The summed E-state index contributed by atoms with van der Waals surface area (Å²) in [5, 5.41) is 40.8. The van der Waals surface area contributed by atoms with Gasteiger partial charge in [0.25, 0.3) is 11.8 Å². The number of aliphatic hydroxyl groups is 4. The van der Waals surface area contributed by atoms with Gasteiger partial charge in [-0.1, -0.05) is 86.5 Å². The van der Waals surface area contributed by atoms with Crippen molar-refractivity contribution in [3.63, 3.8) is 0 Å². The molecule has 48 heavy (non-hydrogen) atoms. The third kappa shape index (κ3) is 8.72. The van der Waals surface area contributed by atoms with E-state index in [2.05, 4.69) is 6.92 Å². The first-order valence-corrected chi connectivity index (χ1v) is 17.5. The molecular formula is C40H54N2O6. The zero-order valence-electron chi connectivity index (χ0n) is 28.9. The molecule has 3 aromatic carbocycles. The Morgan fingerprint density at radius 3 is 1.96 bits per heavy atom. The lowest BCUT2D eigenvalue weighted by atomic mass is 9.89. The number of β-amino-alcohol motifs (C(OH)–C–C–N with tert-alkyl or cyclic N) is 1. The van der Waals surface area contributed by atoms with Gasteiger partial charge in [0.15, 0.2) is 0 Å². The van der Waals surface area contributed by atoms with Crippen molar-refractivity contribution in [1.29, 1.82) is 0 Å². The number of rotatable bonds is 17. The number of amides is 2. The van der Waals surface area contributed by atoms with Gasteiger partial charge in [-0.3, -0.25) is 9.59 Å². The first-order chi connectivity index (χ1) is 23.1. The maximum Gasteiger partial charge on any atom is 0.254 e. The van der Waals surface area contributed by atoms with Crippen LogP contribution >= 0.6 is 0 Å². The number of aryl methyl sites for hydroxylation is 1. The van der Waals surface area contributed by atoms with Gasteiger partial charge in [0.2, 0.25) is 0 Å². The molecule has 2 atom stereocenters. The van der Waals surface area contributed by atoms with Crippen LogP contribution in [0.15, 0.2) is 78.9 Å². The van der Waals surface area contributed by atoms with Crippen LogP contribution in [0, 0.1) is 0 Å². The summed E-state index contributed by atoms with van der Waals surface area (Å²) in [6, 6.07) is 24.6. The normalized spacial score (nSPS) is 15.6. The molecule has 1 fully saturated rings. The first kappa shape index (κ1) is 37.3. The molecule has 8 nitrogen and oxygen atoms in total. The van der Waals surface area contributed by atoms with Gasteiger partial charge in [-0.2, -0.15) is 0 Å². The molecule has 2 amide bonds. The number of benzene rings is 3. The lowest BCUT2D eigenvalue weighted by Crippen LogP contribution is -2.51. The number of hydrogen-bond acceptors (Lipinski definition) is 6. The van der Waals surface area contributed by atoms with Gasteiger partial charge in [0, 0.05) is 29.8 Å². The van der Waals surface area contributed by atoms with Crippen LogP contribution < -0.4 is 0 Å². The summed E-state index contributed by atoms with van der Waals surface area (Å²) < 4.78 is 0. The highest BCUT2D eigenvalue weighted by atomic mass is 16.3. The van der Waals surface area contributed by atoms with E-state index < -0.39 is 17.7 Å². The van der Waals surface area contributed by atoms with Crippen molar-refractivity contribution in [2.75, 3.05) is 26.3 Å². The number of carbonyl (C=O) groups excluding carboxylic acids is 2. The second-order valence-electron chi connectivity index (χ2n) is 13.7. The van der Waals surface area contributed by atoms with E-state index in [9.17, 15) is 30.0 Å². The molecule has 260 valence electrons. The molecule has 0 aliphatic heterocycles. The Labute approximate surface area is 286 Å². The molecule has 1 aliphatic carbocycles. The predicted molar refractivity (Wildman–Crippen MR) is 189 cm³/mol. The van der Waals surface area contributed by atoms with Crippen LogP contribution in [0.25, 0.3) is 0 Å². The summed E-state index contributed by atoms with van der Waals surface area (Å²) in [5.74, 6) is -0.283. The first-order valence-electron chi connectivity index (χ1n) is 17.5. The maximum atomic E-state index is 14.3. The van der Waals surface area contributed by atoms with Crippen LogP contribution in [-0.4, -0.2) is 86.1 Å². The third-order valence-electron chi connectivity index (χ3n) is 10.3. The average Bonchev–Trinajstić information content (AvgIpc) is 3.60. The van der Waals surface area contributed by atoms with Crippen LogP contribution in [-0.2, 0) is 18.4 Å². The van der Waals surface area contributed by atoms with Crippen molar-refractivity contribution in [3.8, 4) is 0 Å². The van der Waals surface area contributed by atoms with Crippen LogP contribution in [0.1, 0.15) is 103 Å². The van der Waals surface area contributed by atoms with Crippen molar-refractivity contribution >= 4 is 11.8 Å². The smallest absolute Gasteiger partial charge is 0.254 e. The van der Waals surface area contributed by atoms with E-state index in [0.29, 0.717) is 30.5 Å². The molecule has 0 radical (unpaired) electrons. The fraction of sp³-hybridized carbons (Fsp3) is 0.500. The minimum atomic E-state index is -0.944. The number of nitrogens with zero attached hydrogens (tertiary/aromatic N) is 2. The van der Waals surface area contributed by atoms with Gasteiger partial charge in [-0.05, 0) is 87.6 Å². The number of hydrogen-bond donors (Lipinski definition) is 4. The van der Waals surface area contributed by atoms with Gasteiger partial charge in [0.05, 0.1) is 31.0 Å². The molecule has 3 aromatic rings. The molecule has 0 bridgehead atoms. The van der Waals surface area contributed by atoms with Crippen LogP contribution in [0.3, 0.4) is 0 Å². The zero-order chi connectivity index (χ0) is 34.7. The van der Waals surface area contributed by atoms with Crippen LogP contribution in [0.5, 0.6) is 0 Å². The van der Waals surface area contributed by atoms with E-state index in [4.69, 9.17) is 0 Å². The highest BCUT2D eigenvalue weighted by Crippen LogP contribution is 2.39. The summed E-state index contributed by atoms with van der Waals surface area (Å²) in [4.78, 5) is 31.9. The zero-order valence-corrected chi connectivity index (χ0v) is 28.9. The summed E-state index contributed by atoms with van der Waals surface area (Å²) in [6.07, 6.45) is 4.53. The van der Waals surface area contributed by atoms with Crippen molar-refractivity contribution in [2.24, 2.45) is 0 Å². The summed E-state index contributed by atoms with van der Waals surface area (Å²) in [6.45, 7) is 6.12. The topological polar surface area (TPSA) is 122 Å². The van der Waals surface area contributed by atoms with E-state index in [1.165, 1.54) is 0 Å². The fourth-order valence-corrected chi connectivity index (χ4v) is 7.33. The molecule has 0 saturated heterocycles. The van der Waals surface area contributed by atoms with Gasteiger partial charge >= 0.3 is 0 Å². The van der Waals surface area contributed by atoms with Crippen molar-refractivity contribution in [2.45, 2.75) is 102 Å². The van der Waals surface area contributed by atoms with Gasteiger partial charge in [0.1, 0.15) is 0 Å². The summed E-state index contributed by atoms with van der Waals surface area (Å²) >= 11 is 0. The molecule has 1 saturated carbocycles. The van der Waals surface area contributed by atoms with E-state index in [-0.39, 0.29) is 50.0 Å². The Balaban J connectivity index is 1.52. The van der Waals surface area contributed by atoms with Crippen LogP contribution in [0.4, 0.5) is 0 Å². The van der Waals surface area contributed by atoms with Gasteiger partial charge in [-0.15, -0.1) is 0 Å². The van der Waals surface area contributed by atoms with E-state index in [1.807, 2.05) is 91.5 Å².